The van der Waals surface area contributed by atoms with E-state index in [0.717, 1.165) is 11.9 Å². The van der Waals surface area contributed by atoms with Crippen LogP contribution in [0.3, 0.4) is 0 Å². The molecule has 0 aromatic heterocycles. The zero-order chi connectivity index (χ0) is 6.69. The average molecular weight is 146 g/mol. The maximum absolute atomic E-state index is 3.18. The summed E-state index contributed by atoms with van der Waals surface area (Å²) in [6, 6.07) is 0.764. The Morgan fingerprint density at radius 2 is 2.56 bits per heavy atom. The molecule has 1 saturated heterocycles. The van der Waals surface area contributed by atoms with Gasteiger partial charge in [-0.2, -0.15) is 0 Å². The summed E-state index contributed by atoms with van der Waals surface area (Å²) in [5, 5.41) is 2.30. The second kappa shape index (κ2) is 3.44. The van der Waals surface area contributed by atoms with E-state index in [9.17, 15) is 0 Å². The highest BCUT2D eigenvalue weighted by atomic mass is 32.2. The molecule has 2 nitrogen and oxygen atoms in total. The number of hydrogen-bond donors (Lipinski definition) is 1. The van der Waals surface area contributed by atoms with Crippen molar-refractivity contribution in [1.29, 1.82) is 0 Å². The SMILES string of the molecule is CCC1CSCN1NC. The fourth-order valence-corrected chi connectivity index (χ4v) is 2.40. The largest absolute Gasteiger partial charge is 0.257 e. The number of hydrogen-bond acceptors (Lipinski definition) is 3. The normalized spacial score (nSPS) is 29.3. The van der Waals surface area contributed by atoms with Crippen molar-refractivity contribution >= 4 is 11.8 Å². The Hall–Kier alpha value is 0.270. The molecule has 1 fully saturated rings. The predicted molar refractivity (Wildman–Crippen MR) is 42.3 cm³/mol. The van der Waals surface area contributed by atoms with Gasteiger partial charge in [-0.1, -0.05) is 6.92 Å². The minimum absolute atomic E-state index is 0.764. The van der Waals surface area contributed by atoms with E-state index < -0.39 is 0 Å². The fraction of sp³-hybridized carbons (Fsp3) is 1.00. The van der Waals surface area contributed by atoms with Crippen LogP contribution in [0.4, 0.5) is 0 Å². The van der Waals surface area contributed by atoms with Crippen LogP contribution in [0, 0.1) is 0 Å². The lowest BCUT2D eigenvalue weighted by molar-refractivity contribution is 0.196. The van der Waals surface area contributed by atoms with E-state index in [1.54, 1.807) is 0 Å². The summed E-state index contributed by atoms with van der Waals surface area (Å²) in [7, 11) is 1.99. The number of thioether (sulfide) groups is 1. The van der Waals surface area contributed by atoms with Gasteiger partial charge in [-0.05, 0) is 13.5 Å². The van der Waals surface area contributed by atoms with Gasteiger partial charge in [-0.25, -0.2) is 5.01 Å². The van der Waals surface area contributed by atoms with Crippen molar-refractivity contribution in [2.24, 2.45) is 0 Å². The van der Waals surface area contributed by atoms with E-state index in [2.05, 4.69) is 17.4 Å². The lowest BCUT2D eigenvalue weighted by Gasteiger charge is -2.19. The summed E-state index contributed by atoms with van der Waals surface area (Å²) in [4.78, 5) is 0. The molecule has 1 N–H and O–H groups in total. The standard InChI is InChI=1S/C6H14N2S/c1-3-6-4-9-5-8(6)7-2/h6-7H,3-5H2,1-2H3. The maximum Gasteiger partial charge on any atom is 0.0591 e. The Balaban J connectivity index is 2.32. The Morgan fingerprint density at radius 3 is 3.00 bits per heavy atom. The minimum Gasteiger partial charge on any atom is -0.257 e. The molecule has 0 aromatic rings. The molecule has 1 aliphatic heterocycles. The number of rotatable bonds is 2. The van der Waals surface area contributed by atoms with Crippen molar-refractivity contribution in [2.45, 2.75) is 19.4 Å². The van der Waals surface area contributed by atoms with Crippen LogP contribution >= 0.6 is 11.8 Å². The van der Waals surface area contributed by atoms with Crippen LogP contribution in [-0.2, 0) is 0 Å². The summed E-state index contributed by atoms with van der Waals surface area (Å²) in [5.41, 5.74) is 3.18. The first-order valence-electron chi connectivity index (χ1n) is 3.40. The third-order valence-electron chi connectivity index (χ3n) is 1.74. The predicted octanol–water partition coefficient (Wildman–Crippen LogP) is 0.906. The zero-order valence-corrected chi connectivity index (χ0v) is 6.87. The number of nitrogens with zero attached hydrogens (tertiary/aromatic N) is 1. The molecule has 1 aliphatic rings. The first-order valence-corrected chi connectivity index (χ1v) is 4.55. The molecule has 0 saturated carbocycles. The minimum atomic E-state index is 0.764. The van der Waals surface area contributed by atoms with Gasteiger partial charge in [0.15, 0.2) is 0 Å². The molecule has 0 aromatic carbocycles. The summed E-state index contributed by atoms with van der Waals surface area (Å²) < 4.78 is 0. The molecular formula is C6H14N2S. The van der Waals surface area contributed by atoms with Crippen LogP contribution < -0.4 is 5.43 Å². The van der Waals surface area contributed by atoms with Gasteiger partial charge in [0, 0.05) is 11.8 Å². The molecule has 0 spiro atoms. The van der Waals surface area contributed by atoms with Gasteiger partial charge < -0.3 is 0 Å². The van der Waals surface area contributed by atoms with Gasteiger partial charge in [-0.15, -0.1) is 11.8 Å². The topological polar surface area (TPSA) is 15.3 Å². The molecular weight excluding hydrogens is 132 g/mol. The average Bonchev–Trinajstić information content (AvgIpc) is 2.33. The number of hydrazine groups is 1. The van der Waals surface area contributed by atoms with E-state index in [-0.39, 0.29) is 0 Å². The summed E-state index contributed by atoms with van der Waals surface area (Å²) in [6.07, 6.45) is 1.26. The highest BCUT2D eigenvalue weighted by Gasteiger charge is 2.21. The Labute approximate surface area is 61.0 Å². The van der Waals surface area contributed by atoms with Crippen LogP contribution in [0.5, 0.6) is 0 Å². The highest BCUT2D eigenvalue weighted by molar-refractivity contribution is 7.99. The van der Waals surface area contributed by atoms with E-state index in [0.29, 0.717) is 0 Å². The van der Waals surface area contributed by atoms with Crippen molar-refractivity contribution < 1.29 is 0 Å². The quantitative estimate of drug-likeness (QED) is 0.623. The highest BCUT2D eigenvalue weighted by Crippen LogP contribution is 2.19. The molecule has 1 rings (SSSR count). The van der Waals surface area contributed by atoms with Gasteiger partial charge in [0.2, 0.25) is 0 Å². The Morgan fingerprint density at radius 1 is 1.78 bits per heavy atom. The van der Waals surface area contributed by atoms with Gasteiger partial charge >= 0.3 is 0 Å². The van der Waals surface area contributed by atoms with Gasteiger partial charge in [-0.3, -0.25) is 5.43 Å². The lowest BCUT2D eigenvalue weighted by atomic mass is 10.3. The Bertz CT molecular complexity index is 77.1. The summed E-state index contributed by atoms with van der Waals surface area (Å²) >= 11 is 2.00. The first-order chi connectivity index (χ1) is 4.38. The van der Waals surface area contributed by atoms with E-state index >= 15 is 0 Å². The van der Waals surface area contributed by atoms with Crippen molar-refractivity contribution in [3.63, 3.8) is 0 Å². The van der Waals surface area contributed by atoms with E-state index in [1.165, 1.54) is 12.2 Å². The second-order valence-corrected chi connectivity index (χ2v) is 3.26. The maximum atomic E-state index is 3.18. The van der Waals surface area contributed by atoms with Crippen molar-refractivity contribution in [3.05, 3.63) is 0 Å². The smallest absolute Gasteiger partial charge is 0.0591 e. The second-order valence-electron chi connectivity index (χ2n) is 2.26. The van der Waals surface area contributed by atoms with Crippen LogP contribution in [0.25, 0.3) is 0 Å². The first kappa shape index (κ1) is 7.38. The Kier molecular flexibility index (Phi) is 2.82. The molecule has 3 heteroatoms. The van der Waals surface area contributed by atoms with E-state index in [1.807, 2.05) is 18.8 Å². The summed E-state index contributed by atoms with van der Waals surface area (Å²) in [5.74, 6) is 2.44. The molecule has 1 unspecified atom stereocenters. The van der Waals surface area contributed by atoms with Gasteiger partial charge in [0.05, 0.1) is 5.88 Å². The molecule has 0 radical (unpaired) electrons. The molecule has 0 bridgehead atoms. The van der Waals surface area contributed by atoms with Gasteiger partial charge in [0.25, 0.3) is 0 Å². The van der Waals surface area contributed by atoms with Crippen LogP contribution in [0.2, 0.25) is 0 Å². The fourth-order valence-electron chi connectivity index (χ4n) is 1.07. The molecule has 1 atom stereocenters. The molecule has 0 amide bonds. The third-order valence-corrected chi connectivity index (χ3v) is 2.82. The van der Waals surface area contributed by atoms with Crippen LogP contribution in [-0.4, -0.2) is 29.7 Å². The molecule has 54 valence electrons. The van der Waals surface area contributed by atoms with Crippen molar-refractivity contribution in [3.8, 4) is 0 Å². The van der Waals surface area contributed by atoms with E-state index in [4.69, 9.17) is 0 Å². The molecule has 0 aliphatic carbocycles. The van der Waals surface area contributed by atoms with Crippen molar-refractivity contribution in [1.82, 2.24) is 10.4 Å². The monoisotopic (exact) mass is 146 g/mol. The van der Waals surface area contributed by atoms with Gasteiger partial charge in [0.1, 0.15) is 0 Å². The summed E-state index contributed by atoms with van der Waals surface area (Å²) in [6.45, 7) is 2.24. The third kappa shape index (κ3) is 1.60. The molecule has 9 heavy (non-hydrogen) atoms. The van der Waals surface area contributed by atoms with Crippen LogP contribution in [0.1, 0.15) is 13.3 Å². The molecule has 1 heterocycles. The zero-order valence-electron chi connectivity index (χ0n) is 6.05. The lowest BCUT2D eigenvalue weighted by Crippen LogP contribution is -2.39. The van der Waals surface area contributed by atoms with Crippen LogP contribution in [0.15, 0.2) is 0 Å². The van der Waals surface area contributed by atoms with Crippen molar-refractivity contribution in [2.75, 3.05) is 18.7 Å². The number of nitrogens with one attached hydrogen (secondary N) is 1.